The summed E-state index contributed by atoms with van der Waals surface area (Å²) >= 11 is 1.49. The van der Waals surface area contributed by atoms with Crippen molar-refractivity contribution in [2.45, 2.75) is 24.3 Å². The van der Waals surface area contributed by atoms with E-state index in [1.54, 1.807) is 0 Å². The molecule has 4 rings (SSSR count). The topological polar surface area (TPSA) is 43.9 Å². The summed E-state index contributed by atoms with van der Waals surface area (Å²) in [6.07, 6.45) is 2.20. The van der Waals surface area contributed by atoms with Gasteiger partial charge in [0, 0.05) is 50.7 Å². The lowest BCUT2D eigenvalue weighted by molar-refractivity contribution is -0.127. The molecule has 0 saturated carbocycles. The first-order valence-electron chi connectivity index (χ1n) is 10.8. The average Bonchev–Trinajstić information content (AvgIpc) is 3.34. The lowest BCUT2D eigenvalue weighted by atomic mass is 10.1. The van der Waals surface area contributed by atoms with Crippen LogP contribution in [0.3, 0.4) is 0 Å². The normalized spacial score (nSPS) is 17.3. The Morgan fingerprint density at radius 1 is 0.767 bits per heavy atom. The third-order valence-electron chi connectivity index (χ3n) is 5.84. The van der Waals surface area contributed by atoms with E-state index in [1.165, 1.54) is 17.3 Å². The van der Waals surface area contributed by atoms with Crippen LogP contribution < -0.4 is 0 Å². The van der Waals surface area contributed by atoms with E-state index in [0.717, 1.165) is 63.6 Å². The molecule has 0 radical (unpaired) electrons. The number of carbonyl (C=O) groups is 2. The molecular weight excluding hydrogens is 394 g/mol. The molecule has 0 spiro atoms. The second-order valence-electron chi connectivity index (χ2n) is 7.93. The maximum absolute atomic E-state index is 13.2. The molecule has 2 aromatic carbocycles. The van der Waals surface area contributed by atoms with Crippen LogP contribution in [0, 0.1) is 0 Å². The van der Waals surface area contributed by atoms with Gasteiger partial charge in [-0.25, -0.2) is 0 Å². The number of benzene rings is 2. The Morgan fingerprint density at radius 2 is 1.43 bits per heavy atom. The van der Waals surface area contributed by atoms with Crippen molar-refractivity contribution in [3.05, 3.63) is 65.7 Å². The average molecular weight is 424 g/mol. The Bertz CT molecular complexity index is 860. The highest BCUT2D eigenvalue weighted by atomic mass is 32.2. The SMILES string of the molecule is O=C(CSc1ccccc1C(=O)N1CCN(Cc2ccccc2)CC1)N1CCCC1. The third-order valence-corrected chi connectivity index (χ3v) is 6.89. The first kappa shape index (κ1) is 20.9. The fraction of sp³-hybridized carbons (Fsp3) is 0.417. The summed E-state index contributed by atoms with van der Waals surface area (Å²) in [5.74, 6) is 0.648. The first-order chi connectivity index (χ1) is 14.7. The zero-order valence-corrected chi connectivity index (χ0v) is 18.2. The molecule has 2 aromatic rings. The number of rotatable bonds is 6. The predicted molar refractivity (Wildman–Crippen MR) is 121 cm³/mol. The molecule has 2 aliphatic rings. The zero-order chi connectivity index (χ0) is 20.8. The minimum atomic E-state index is 0.0751. The van der Waals surface area contributed by atoms with Crippen molar-refractivity contribution in [3.63, 3.8) is 0 Å². The lowest BCUT2D eigenvalue weighted by Crippen LogP contribution is -2.48. The summed E-state index contributed by atoms with van der Waals surface area (Å²) in [5, 5.41) is 0. The van der Waals surface area contributed by atoms with Gasteiger partial charge < -0.3 is 9.80 Å². The Morgan fingerprint density at radius 3 is 2.17 bits per heavy atom. The van der Waals surface area contributed by atoms with Crippen LogP contribution in [0.15, 0.2) is 59.5 Å². The van der Waals surface area contributed by atoms with Gasteiger partial charge >= 0.3 is 0 Å². The van der Waals surface area contributed by atoms with Crippen LogP contribution in [0.4, 0.5) is 0 Å². The molecule has 158 valence electrons. The molecule has 2 amide bonds. The molecule has 0 aliphatic carbocycles. The van der Waals surface area contributed by atoms with E-state index in [1.807, 2.05) is 40.1 Å². The largest absolute Gasteiger partial charge is 0.342 e. The molecule has 2 aliphatic heterocycles. The molecule has 0 bridgehead atoms. The first-order valence-corrected chi connectivity index (χ1v) is 11.7. The molecule has 2 saturated heterocycles. The van der Waals surface area contributed by atoms with Gasteiger partial charge in [0.25, 0.3) is 5.91 Å². The van der Waals surface area contributed by atoms with E-state index < -0.39 is 0 Å². The van der Waals surface area contributed by atoms with Gasteiger partial charge in [-0.3, -0.25) is 14.5 Å². The Hall–Kier alpha value is -2.31. The van der Waals surface area contributed by atoms with Crippen LogP contribution >= 0.6 is 11.8 Å². The second-order valence-corrected chi connectivity index (χ2v) is 8.94. The van der Waals surface area contributed by atoms with Crippen molar-refractivity contribution in [1.29, 1.82) is 0 Å². The summed E-state index contributed by atoms with van der Waals surface area (Å²) in [6, 6.07) is 18.2. The van der Waals surface area contributed by atoms with Gasteiger partial charge in [-0.05, 0) is 30.5 Å². The van der Waals surface area contributed by atoms with Gasteiger partial charge in [-0.1, -0.05) is 42.5 Å². The lowest BCUT2D eigenvalue weighted by Gasteiger charge is -2.35. The number of piperazine rings is 1. The molecule has 30 heavy (non-hydrogen) atoms. The minimum absolute atomic E-state index is 0.0751. The fourth-order valence-electron chi connectivity index (χ4n) is 4.09. The molecule has 2 fully saturated rings. The third kappa shape index (κ3) is 5.24. The monoisotopic (exact) mass is 423 g/mol. The summed E-state index contributed by atoms with van der Waals surface area (Å²) in [7, 11) is 0. The van der Waals surface area contributed by atoms with Gasteiger partial charge in [0.15, 0.2) is 0 Å². The fourth-order valence-corrected chi connectivity index (χ4v) is 5.03. The van der Waals surface area contributed by atoms with Crippen molar-refractivity contribution in [2.75, 3.05) is 45.0 Å². The number of likely N-dealkylation sites (tertiary alicyclic amines) is 1. The summed E-state index contributed by atoms with van der Waals surface area (Å²) in [5.41, 5.74) is 2.02. The molecule has 2 heterocycles. The van der Waals surface area contributed by atoms with Crippen LogP contribution in [0.2, 0.25) is 0 Å². The maximum atomic E-state index is 13.2. The van der Waals surface area contributed by atoms with Crippen LogP contribution in [0.5, 0.6) is 0 Å². The Balaban J connectivity index is 1.33. The standard InChI is InChI=1S/C24H29N3O2S/c28-23(26-12-6-7-13-26)19-30-22-11-5-4-10-21(22)24(29)27-16-14-25(15-17-27)18-20-8-2-1-3-9-20/h1-5,8-11H,6-7,12-19H2. The highest BCUT2D eigenvalue weighted by molar-refractivity contribution is 8.00. The molecule has 6 heteroatoms. The van der Waals surface area contributed by atoms with Crippen LogP contribution in [-0.4, -0.2) is 71.5 Å². The highest BCUT2D eigenvalue weighted by Crippen LogP contribution is 2.25. The van der Waals surface area contributed by atoms with Gasteiger partial charge in [0.1, 0.15) is 0 Å². The second kappa shape index (κ2) is 10.1. The Kier molecular flexibility index (Phi) is 7.07. The van der Waals surface area contributed by atoms with Gasteiger partial charge in [0.05, 0.1) is 11.3 Å². The van der Waals surface area contributed by atoms with Crippen LogP contribution in [0.25, 0.3) is 0 Å². The number of amides is 2. The van der Waals surface area contributed by atoms with E-state index in [2.05, 4.69) is 29.2 Å². The van der Waals surface area contributed by atoms with Crippen LogP contribution in [-0.2, 0) is 11.3 Å². The molecule has 0 aromatic heterocycles. The highest BCUT2D eigenvalue weighted by Gasteiger charge is 2.24. The van der Waals surface area contributed by atoms with E-state index in [-0.39, 0.29) is 11.8 Å². The number of hydrogen-bond acceptors (Lipinski definition) is 4. The van der Waals surface area contributed by atoms with E-state index in [9.17, 15) is 9.59 Å². The molecular formula is C24H29N3O2S. The van der Waals surface area contributed by atoms with Crippen molar-refractivity contribution >= 4 is 23.6 Å². The summed E-state index contributed by atoms with van der Waals surface area (Å²) in [4.78, 5) is 32.8. The number of thioether (sulfide) groups is 1. The smallest absolute Gasteiger partial charge is 0.255 e. The van der Waals surface area contributed by atoms with Gasteiger partial charge in [0.2, 0.25) is 5.91 Å². The van der Waals surface area contributed by atoms with Gasteiger partial charge in [-0.2, -0.15) is 0 Å². The number of nitrogens with zero attached hydrogens (tertiary/aromatic N) is 3. The van der Waals surface area contributed by atoms with Crippen LogP contribution in [0.1, 0.15) is 28.8 Å². The van der Waals surface area contributed by atoms with E-state index >= 15 is 0 Å². The molecule has 5 nitrogen and oxygen atoms in total. The molecule has 0 unspecified atom stereocenters. The number of hydrogen-bond donors (Lipinski definition) is 0. The summed E-state index contributed by atoms with van der Waals surface area (Å²) < 4.78 is 0. The Labute approximate surface area is 183 Å². The molecule has 0 N–H and O–H groups in total. The van der Waals surface area contributed by atoms with Crippen molar-refractivity contribution in [2.24, 2.45) is 0 Å². The zero-order valence-electron chi connectivity index (χ0n) is 17.3. The maximum Gasteiger partial charge on any atom is 0.255 e. The van der Waals surface area contributed by atoms with E-state index in [0.29, 0.717) is 11.3 Å². The van der Waals surface area contributed by atoms with E-state index in [4.69, 9.17) is 0 Å². The van der Waals surface area contributed by atoms with Crippen molar-refractivity contribution < 1.29 is 9.59 Å². The quantitative estimate of drug-likeness (QED) is 0.669. The van der Waals surface area contributed by atoms with Crippen molar-refractivity contribution in [1.82, 2.24) is 14.7 Å². The number of carbonyl (C=O) groups excluding carboxylic acids is 2. The molecule has 0 atom stereocenters. The minimum Gasteiger partial charge on any atom is -0.342 e. The predicted octanol–water partition coefficient (Wildman–Crippen LogP) is 3.36. The van der Waals surface area contributed by atoms with Gasteiger partial charge in [-0.15, -0.1) is 11.8 Å². The summed E-state index contributed by atoms with van der Waals surface area (Å²) in [6.45, 7) is 5.88. The van der Waals surface area contributed by atoms with Crippen molar-refractivity contribution in [3.8, 4) is 0 Å².